The van der Waals surface area contributed by atoms with Gasteiger partial charge in [0.15, 0.2) is 5.76 Å². The lowest BCUT2D eigenvalue weighted by Gasteiger charge is -2.31. The lowest BCUT2D eigenvalue weighted by Crippen LogP contribution is -2.37. The molecule has 0 aromatic carbocycles. The van der Waals surface area contributed by atoms with Crippen LogP contribution < -0.4 is 0 Å². The highest BCUT2D eigenvalue weighted by atomic mass is 35.5. The van der Waals surface area contributed by atoms with Gasteiger partial charge < -0.3 is 14.6 Å². The third-order valence-corrected chi connectivity index (χ3v) is 2.77. The maximum atomic E-state index is 10.2. The number of aliphatic imine (C=N–C) groups is 1. The van der Waals surface area contributed by atoms with Crippen LogP contribution in [0.2, 0.25) is 0 Å². The fourth-order valence-electron chi connectivity index (χ4n) is 2.01. The second kappa shape index (κ2) is 5.04. The van der Waals surface area contributed by atoms with Crippen LogP contribution >= 0.6 is 12.4 Å². The number of nitrogens with zero attached hydrogens (tertiary/aromatic N) is 1. The summed E-state index contributed by atoms with van der Waals surface area (Å²) in [6, 6.07) is 0. The van der Waals surface area contributed by atoms with Crippen LogP contribution in [0.5, 0.6) is 0 Å². The number of methoxy groups -OCH3 is 2. The Morgan fingerprint density at radius 3 is 2.71 bits per heavy atom. The highest BCUT2D eigenvalue weighted by Gasteiger charge is 2.40. The first-order valence-electron chi connectivity index (χ1n) is 5.12. The third kappa shape index (κ3) is 2.16. The van der Waals surface area contributed by atoms with Crippen LogP contribution in [0.15, 0.2) is 40.1 Å². The summed E-state index contributed by atoms with van der Waals surface area (Å²) in [7, 11) is 2.90. The maximum Gasteiger partial charge on any atom is 0.329 e. The molecule has 4 nitrogen and oxygen atoms in total. The standard InChI is InChI=1S/C12H15NO3.ClH/c1-8-9-6-4-5-7-10(9)11(15-2)12(14,13-8)16-3;/h5-7,14H,4H2,1-3H3;1H. The molecule has 1 aliphatic carbocycles. The van der Waals surface area contributed by atoms with Crippen LogP contribution in [0.4, 0.5) is 0 Å². The van der Waals surface area contributed by atoms with E-state index in [0.29, 0.717) is 5.76 Å². The van der Waals surface area contributed by atoms with Gasteiger partial charge in [-0.1, -0.05) is 18.2 Å². The molecule has 0 aromatic rings. The Kier molecular flexibility index (Phi) is 4.14. The molecule has 1 unspecified atom stereocenters. The van der Waals surface area contributed by atoms with Gasteiger partial charge in [-0.05, 0) is 13.3 Å². The van der Waals surface area contributed by atoms with Gasteiger partial charge in [0.05, 0.1) is 7.11 Å². The minimum absolute atomic E-state index is 0. The van der Waals surface area contributed by atoms with E-state index in [2.05, 4.69) is 11.1 Å². The van der Waals surface area contributed by atoms with Gasteiger partial charge in [0.1, 0.15) is 0 Å². The number of halogens is 1. The van der Waals surface area contributed by atoms with Crippen molar-refractivity contribution in [2.75, 3.05) is 14.2 Å². The van der Waals surface area contributed by atoms with Crippen molar-refractivity contribution in [3.05, 3.63) is 35.1 Å². The van der Waals surface area contributed by atoms with Crippen molar-refractivity contribution >= 4 is 18.1 Å². The van der Waals surface area contributed by atoms with Gasteiger partial charge >= 0.3 is 5.91 Å². The second-order valence-electron chi connectivity index (χ2n) is 3.71. The van der Waals surface area contributed by atoms with E-state index in [0.717, 1.165) is 23.3 Å². The third-order valence-electron chi connectivity index (χ3n) is 2.77. The monoisotopic (exact) mass is 257 g/mol. The van der Waals surface area contributed by atoms with E-state index in [1.807, 2.05) is 19.1 Å². The molecule has 0 fully saturated rings. The zero-order valence-electron chi connectivity index (χ0n) is 10.1. The molecule has 0 saturated carbocycles. The summed E-state index contributed by atoms with van der Waals surface area (Å²) in [5.74, 6) is -1.37. The molecule has 0 saturated heterocycles. The molecule has 0 radical (unpaired) electrons. The Balaban J connectivity index is 0.00000144. The maximum absolute atomic E-state index is 10.2. The van der Waals surface area contributed by atoms with Gasteiger partial charge in [0, 0.05) is 24.0 Å². The largest absolute Gasteiger partial charge is 0.493 e. The minimum Gasteiger partial charge on any atom is -0.493 e. The van der Waals surface area contributed by atoms with E-state index in [9.17, 15) is 5.11 Å². The van der Waals surface area contributed by atoms with Crippen molar-refractivity contribution in [2.45, 2.75) is 19.3 Å². The molecule has 0 amide bonds. The van der Waals surface area contributed by atoms with Crippen LogP contribution in [-0.4, -0.2) is 30.9 Å². The number of hydrogen-bond acceptors (Lipinski definition) is 4. The number of rotatable bonds is 2. The SMILES string of the molecule is COC1=C2C=CCC=C2C(C)=NC1(O)OC.Cl. The Bertz CT molecular complexity index is 437. The summed E-state index contributed by atoms with van der Waals surface area (Å²) >= 11 is 0. The first-order valence-corrected chi connectivity index (χ1v) is 5.12. The van der Waals surface area contributed by atoms with Gasteiger partial charge in [-0.25, -0.2) is 4.99 Å². The number of ether oxygens (including phenoxy) is 2. The predicted octanol–water partition coefficient (Wildman–Crippen LogP) is 1.96. The van der Waals surface area contributed by atoms with Crippen LogP contribution in [0.1, 0.15) is 13.3 Å². The van der Waals surface area contributed by atoms with Crippen LogP contribution in [0.3, 0.4) is 0 Å². The molecular weight excluding hydrogens is 242 g/mol. The number of hydrogen-bond donors (Lipinski definition) is 1. The predicted molar refractivity (Wildman–Crippen MR) is 68.2 cm³/mol. The second-order valence-corrected chi connectivity index (χ2v) is 3.71. The van der Waals surface area contributed by atoms with Gasteiger partial charge in [0.25, 0.3) is 0 Å². The van der Waals surface area contributed by atoms with Gasteiger partial charge in [-0.3, -0.25) is 0 Å². The molecule has 1 heterocycles. The lowest BCUT2D eigenvalue weighted by atomic mass is 9.92. The molecule has 5 heteroatoms. The average molecular weight is 258 g/mol. The van der Waals surface area contributed by atoms with Crippen LogP contribution in [0, 0.1) is 0 Å². The lowest BCUT2D eigenvalue weighted by molar-refractivity contribution is -0.173. The number of aliphatic hydroxyl groups is 1. The molecule has 17 heavy (non-hydrogen) atoms. The van der Waals surface area contributed by atoms with Crippen molar-refractivity contribution in [3.8, 4) is 0 Å². The van der Waals surface area contributed by atoms with Crippen LogP contribution in [-0.2, 0) is 9.47 Å². The van der Waals surface area contributed by atoms with E-state index in [4.69, 9.17) is 9.47 Å². The summed E-state index contributed by atoms with van der Waals surface area (Å²) in [6.07, 6.45) is 6.86. The molecule has 0 aromatic heterocycles. The molecule has 2 aliphatic rings. The summed E-state index contributed by atoms with van der Waals surface area (Å²) in [6.45, 7) is 1.85. The fraction of sp³-hybridized carbons (Fsp3) is 0.417. The molecule has 0 bridgehead atoms. The van der Waals surface area contributed by atoms with E-state index >= 15 is 0 Å². The summed E-state index contributed by atoms with van der Waals surface area (Å²) in [5, 5.41) is 10.2. The minimum atomic E-state index is -1.70. The van der Waals surface area contributed by atoms with Crippen molar-refractivity contribution in [3.63, 3.8) is 0 Å². The average Bonchev–Trinajstić information content (AvgIpc) is 2.30. The Labute approximate surface area is 107 Å². The normalized spacial score (nSPS) is 26.8. The summed E-state index contributed by atoms with van der Waals surface area (Å²) in [5.41, 5.74) is 2.59. The first kappa shape index (κ1) is 14.0. The smallest absolute Gasteiger partial charge is 0.329 e. The Morgan fingerprint density at radius 2 is 2.12 bits per heavy atom. The zero-order chi connectivity index (χ0) is 11.8. The number of fused-ring (bicyclic) bond motifs is 1. The first-order chi connectivity index (χ1) is 7.62. The highest BCUT2D eigenvalue weighted by Crippen LogP contribution is 2.35. The quantitative estimate of drug-likeness (QED) is 0.770. The van der Waals surface area contributed by atoms with E-state index in [-0.39, 0.29) is 12.4 Å². The van der Waals surface area contributed by atoms with Gasteiger partial charge in [-0.15, -0.1) is 12.4 Å². The van der Waals surface area contributed by atoms with Gasteiger partial charge in [-0.2, -0.15) is 0 Å². The Morgan fingerprint density at radius 1 is 1.41 bits per heavy atom. The van der Waals surface area contributed by atoms with E-state index in [1.165, 1.54) is 14.2 Å². The van der Waals surface area contributed by atoms with Crippen molar-refractivity contribution in [1.29, 1.82) is 0 Å². The molecule has 94 valence electrons. The molecule has 0 spiro atoms. The number of allylic oxidation sites excluding steroid dienone is 5. The zero-order valence-corrected chi connectivity index (χ0v) is 10.9. The molecule has 1 N–H and O–H groups in total. The van der Waals surface area contributed by atoms with E-state index < -0.39 is 5.91 Å². The Hall–Kier alpha value is -1.10. The van der Waals surface area contributed by atoms with Gasteiger partial charge in [0.2, 0.25) is 0 Å². The van der Waals surface area contributed by atoms with Crippen LogP contribution in [0.25, 0.3) is 0 Å². The van der Waals surface area contributed by atoms with E-state index in [1.54, 1.807) is 0 Å². The molecule has 2 rings (SSSR count). The van der Waals surface area contributed by atoms with Crippen molar-refractivity contribution < 1.29 is 14.6 Å². The molecular formula is C12H16ClNO3. The highest BCUT2D eigenvalue weighted by molar-refractivity contribution is 6.04. The molecule has 1 atom stereocenters. The molecule has 1 aliphatic heterocycles. The summed E-state index contributed by atoms with van der Waals surface area (Å²) in [4.78, 5) is 4.13. The number of dihydropyridines is 1. The van der Waals surface area contributed by atoms with Crippen molar-refractivity contribution in [2.24, 2.45) is 4.99 Å². The fourth-order valence-corrected chi connectivity index (χ4v) is 2.01. The topological polar surface area (TPSA) is 51.0 Å². The van der Waals surface area contributed by atoms with Crippen molar-refractivity contribution in [1.82, 2.24) is 0 Å². The summed E-state index contributed by atoms with van der Waals surface area (Å²) < 4.78 is 10.2.